The van der Waals surface area contributed by atoms with E-state index in [1.165, 1.54) is 74.5 Å². The SMILES string of the molecule is CC1CCC(Oc2ccc3cc(C(=O)N4C5CCC4CC(C(=O)O)C5)ccc3c2C(F)(F)F)CC1.CC1CCC(Oc2ccc3cc(C(=O)O)ccc3c2C(F)(F)F)CC1.COC(=O)c1ccc2cc(OC3CCC(C)CC3)ccc2c1. The second-order valence-corrected chi connectivity index (χ2v) is 23.4. The molecule has 2 saturated heterocycles. The van der Waals surface area contributed by atoms with Gasteiger partial charge in [-0.2, -0.15) is 26.3 Å². The predicted molar refractivity (Wildman–Crippen MR) is 300 cm³/mol. The molecule has 0 spiro atoms. The highest BCUT2D eigenvalue weighted by atomic mass is 19.4. The van der Waals surface area contributed by atoms with Gasteiger partial charge in [-0.15, -0.1) is 0 Å². The summed E-state index contributed by atoms with van der Waals surface area (Å²) in [5, 5.41) is 21.0. The van der Waals surface area contributed by atoms with Crippen molar-refractivity contribution < 1.29 is 74.7 Å². The van der Waals surface area contributed by atoms with E-state index < -0.39 is 41.3 Å². The maximum Gasteiger partial charge on any atom is 0.420 e. The molecule has 0 radical (unpaired) electrons. The van der Waals surface area contributed by atoms with Gasteiger partial charge in [-0.25, -0.2) is 9.59 Å². The Labute approximate surface area is 473 Å². The summed E-state index contributed by atoms with van der Waals surface area (Å²) in [7, 11) is 1.40. The summed E-state index contributed by atoms with van der Waals surface area (Å²) in [6.07, 6.45) is 4.60. The standard InChI is InChI=1S/C27H30F3NO4.C19H19F3O3.C19H22O3/c1-15-2-8-21(9-3-15)35-23-11-5-16-12-17(4-10-22(16)24(23)27(28,29)30)25(32)31-19-6-7-20(31)14-18(13-19)26(33)34;1-11-2-6-14(7-3-11)25-16-9-5-12-10-13(18(23)24)4-8-15(12)17(16)19(20,21)22;1-13-3-8-17(9-4-13)22-18-10-7-14-11-16(19(20)21-2)6-5-15(14)12-18/h4-5,10-12,15,18-21H,2-3,6-9,13-14H2,1H3,(H,33,34);4-5,8-11,14H,2-3,6-7H2,1H3,(H,23,24);5-7,10-13,17H,3-4,8-9H2,1-2H3. The van der Waals surface area contributed by atoms with Gasteiger partial charge >= 0.3 is 30.3 Å². The zero-order valence-electron chi connectivity index (χ0n) is 46.6. The number of methoxy groups -OCH3 is 1. The normalized spacial score (nSPS) is 24.6. The quantitative estimate of drug-likeness (QED) is 0.100. The molecule has 2 heterocycles. The van der Waals surface area contributed by atoms with Crippen molar-refractivity contribution in [3.8, 4) is 17.2 Å². The molecule has 11 nitrogen and oxygen atoms in total. The second-order valence-electron chi connectivity index (χ2n) is 23.4. The van der Waals surface area contributed by atoms with Crippen LogP contribution in [0, 0.1) is 23.7 Å². The van der Waals surface area contributed by atoms with E-state index >= 15 is 0 Å². The summed E-state index contributed by atoms with van der Waals surface area (Å²) in [5.74, 6) is -0.457. The van der Waals surface area contributed by atoms with E-state index in [1.54, 1.807) is 17.0 Å². The van der Waals surface area contributed by atoms with Crippen LogP contribution in [0.25, 0.3) is 32.3 Å². The summed E-state index contributed by atoms with van der Waals surface area (Å²) in [6, 6.07) is 25.1. The third kappa shape index (κ3) is 14.1. The minimum absolute atomic E-state index is 0.0169. The average Bonchev–Trinajstić information content (AvgIpc) is 3.79. The number of ether oxygens (including phenoxy) is 4. The lowest BCUT2D eigenvalue weighted by Crippen LogP contribution is -2.47. The minimum atomic E-state index is -4.60. The monoisotopic (exact) mass is 1140 g/mol. The van der Waals surface area contributed by atoms with Crippen LogP contribution in [-0.4, -0.2) is 76.4 Å². The fourth-order valence-corrected chi connectivity index (χ4v) is 12.7. The average molecular weight is 1140 g/mol. The molecule has 5 aliphatic rings. The summed E-state index contributed by atoms with van der Waals surface area (Å²) < 4.78 is 106. The molecule has 438 valence electrons. The number of amides is 1. The van der Waals surface area contributed by atoms with E-state index in [0.29, 0.717) is 47.3 Å². The lowest BCUT2D eigenvalue weighted by atomic mass is 9.89. The molecule has 6 aromatic rings. The van der Waals surface area contributed by atoms with E-state index in [1.807, 2.05) is 24.3 Å². The molecular weight excluding hydrogens is 1070 g/mol. The number of benzene rings is 6. The number of carbonyl (C=O) groups excluding carboxylic acids is 2. The Morgan fingerprint density at radius 1 is 0.476 bits per heavy atom. The van der Waals surface area contributed by atoms with Gasteiger partial charge in [0.05, 0.1) is 42.5 Å². The number of aromatic carboxylic acids is 1. The number of alkyl halides is 6. The number of fused-ring (bicyclic) bond motifs is 5. The fourth-order valence-electron chi connectivity index (χ4n) is 12.7. The summed E-state index contributed by atoms with van der Waals surface area (Å²) in [4.78, 5) is 49.2. The highest BCUT2D eigenvalue weighted by Crippen LogP contribution is 2.46. The number of hydrogen-bond acceptors (Lipinski definition) is 8. The van der Waals surface area contributed by atoms with Crippen molar-refractivity contribution in [2.75, 3.05) is 7.11 Å². The van der Waals surface area contributed by atoms with Crippen LogP contribution in [0.3, 0.4) is 0 Å². The van der Waals surface area contributed by atoms with Crippen LogP contribution in [0.15, 0.2) is 97.1 Å². The summed E-state index contributed by atoms with van der Waals surface area (Å²) in [5.41, 5.74) is -0.776. The van der Waals surface area contributed by atoms with E-state index in [2.05, 4.69) is 26.8 Å². The first-order valence-electron chi connectivity index (χ1n) is 28.7. The molecule has 2 aliphatic heterocycles. The highest BCUT2D eigenvalue weighted by Gasteiger charge is 2.46. The number of esters is 1. The third-order valence-corrected chi connectivity index (χ3v) is 17.4. The van der Waals surface area contributed by atoms with E-state index in [9.17, 15) is 50.6 Å². The molecule has 11 rings (SSSR count). The number of nitrogens with zero attached hydrogens (tertiary/aromatic N) is 1. The zero-order chi connectivity index (χ0) is 58.6. The van der Waals surface area contributed by atoms with Gasteiger partial charge < -0.3 is 34.1 Å². The molecule has 82 heavy (non-hydrogen) atoms. The molecule has 3 saturated carbocycles. The van der Waals surface area contributed by atoms with Gasteiger partial charge in [0, 0.05) is 17.6 Å². The number of rotatable bonds is 10. The van der Waals surface area contributed by atoms with Crippen molar-refractivity contribution >= 4 is 56.1 Å². The lowest BCUT2D eigenvalue weighted by Gasteiger charge is -2.37. The van der Waals surface area contributed by atoms with Crippen LogP contribution in [0.5, 0.6) is 17.2 Å². The number of carboxylic acid groups (broad SMARTS) is 2. The number of piperidine rings is 1. The smallest absolute Gasteiger partial charge is 0.420 e. The largest absolute Gasteiger partial charge is 0.490 e. The fraction of sp³-hybridized carbons (Fsp3) is 0.477. The number of aliphatic carboxylic acids is 1. The topological polar surface area (TPSA) is 149 Å². The molecule has 2 N–H and O–H groups in total. The number of hydrogen-bond donors (Lipinski definition) is 2. The van der Waals surface area contributed by atoms with Gasteiger partial charge in [-0.3, -0.25) is 9.59 Å². The highest BCUT2D eigenvalue weighted by molar-refractivity contribution is 6.01. The number of halogens is 6. The van der Waals surface area contributed by atoms with E-state index in [4.69, 9.17) is 24.1 Å². The molecule has 6 aromatic carbocycles. The summed E-state index contributed by atoms with van der Waals surface area (Å²) >= 11 is 0. The first-order chi connectivity index (χ1) is 39.0. The number of carboxylic acids is 2. The van der Waals surface area contributed by atoms with Crippen molar-refractivity contribution in [3.63, 3.8) is 0 Å². The van der Waals surface area contributed by atoms with Crippen LogP contribution < -0.4 is 14.2 Å². The third-order valence-electron chi connectivity index (χ3n) is 17.4. The molecule has 5 fully saturated rings. The Morgan fingerprint density at radius 2 is 0.878 bits per heavy atom. The lowest BCUT2D eigenvalue weighted by molar-refractivity contribution is -0.144. The van der Waals surface area contributed by atoms with Gasteiger partial charge in [-0.05, 0) is 213 Å². The van der Waals surface area contributed by atoms with Crippen LogP contribution in [0.1, 0.15) is 166 Å². The molecule has 2 bridgehead atoms. The van der Waals surface area contributed by atoms with Crippen LogP contribution in [0.4, 0.5) is 26.3 Å². The van der Waals surface area contributed by atoms with Gasteiger partial charge in [0.1, 0.15) is 28.4 Å². The van der Waals surface area contributed by atoms with Gasteiger partial charge in [0.25, 0.3) is 5.91 Å². The molecule has 2 unspecified atom stereocenters. The van der Waals surface area contributed by atoms with Crippen molar-refractivity contribution in [1.29, 1.82) is 0 Å². The predicted octanol–water partition coefficient (Wildman–Crippen LogP) is 16.4. The van der Waals surface area contributed by atoms with Crippen molar-refractivity contribution in [2.24, 2.45) is 23.7 Å². The first-order valence-corrected chi connectivity index (χ1v) is 28.7. The Bertz CT molecular complexity index is 3270. The van der Waals surface area contributed by atoms with Gasteiger partial charge in [-0.1, -0.05) is 57.2 Å². The zero-order valence-corrected chi connectivity index (χ0v) is 46.6. The maximum atomic E-state index is 14.2. The van der Waals surface area contributed by atoms with Crippen molar-refractivity contribution in [1.82, 2.24) is 4.90 Å². The first kappa shape index (κ1) is 59.6. The Morgan fingerprint density at radius 3 is 1.33 bits per heavy atom. The molecule has 17 heteroatoms. The van der Waals surface area contributed by atoms with Crippen LogP contribution in [-0.2, 0) is 21.9 Å². The molecule has 0 aromatic heterocycles. The van der Waals surface area contributed by atoms with Crippen LogP contribution in [0.2, 0.25) is 0 Å². The Balaban J connectivity index is 0.000000153. The molecule has 1 amide bonds. The van der Waals surface area contributed by atoms with Crippen LogP contribution >= 0.6 is 0 Å². The maximum absolute atomic E-state index is 14.2. The summed E-state index contributed by atoms with van der Waals surface area (Å²) in [6.45, 7) is 6.59. The second kappa shape index (κ2) is 25.2. The van der Waals surface area contributed by atoms with Crippen molar-refractivity contribution in [3.05, 3.63) is 125 Å². The molecule has 3 aliphatic carbocycles. The van der Waals surface area contributed by atoms with E-state index in [-0.39, 0.29) is 69.4 Å². The van der Waals surface area contributed by atoms with E-state index in [0.717, 1.165) is 99.5 Å². The van der Waals surface area contributed by atoms with Gasteiger partial charge in [0.2, 0.25) is 0 Å². The molecular formula is C65H71F6NO10. The molecule has 2 atom stereocenters. The van der Waals surface area contributed by atoms with Crippen molar-refractivity contribution in [2.45, 2.75) is 166 Å². The minimum Gasteiger partial charge on any atom is -0.490 e. The van der Waals surface area contributed by atoms with Gasteiger partial charge in [0.15, 0.2) is 0 Å². The Kier molecular flexibility index (Phi) is 18.3. The number of carbonyl (C=O) groups is 4. The Hall–Kier alpha value is -7.04.